The molecule has 2 saturated carbocycles. The third-order valence-corrected chi connectivity index (χ3v) is 5.59. The molecular formula is C14H17F5N2OS. The van der Waals surface area contributed by atoms with E-state index in [0.29, 0.717) is 17.5 Å². The average Bonchev–Trinajstić information content (AvgIpc) is 3.14. The zero-order valence-electron chi connectivity index (χ0n) is 12.1. The molecule has 2 aliphatic rings. The number of urea groups is 1. The molecular weight excluding hydrogens is 339 g/mol. The Morgan fingerprint density at radius 3 is 2.39 bits per heavy atom. The van der Waals surface area contributed by atoms with Crippen molar-refractivity contribution in [2.24, 2.45) is 5.41 Å². The minimum Gasteiger partial charge on any atom is -0.335 e. The third-order valence-electron chi connectivity index (χ3n) is 4.45. The van der Waals surface area contributed by atoms with E-state index >= 15 is 0 Å². The first-order chi connectivity index (χ1) is 10.4. The van der Waals surface area contributed by atoms with E-state index in [4.69, 9.17) is 0 Å². The smallest absolute Gasteiger partial charge is 0.315 e. The van der Waals surface area contributed by atoms with Gasteiger partial charge in [0.15, 0.2) is 0 Å². The van der Waals surface area contributed by atoms with E-state index in [-0.39, 0.29) is 18.2 Å². The lowest BCUT2D eigenvalue weighted by atomic mass is 9.77. The Hall–Kier alpha value is -1.51. The van der Waals surface area contributed by atoms with Gasteiger partial charge in [0.1, 0.15) is 4.90 Å². The van der Waals surface area contributed by atoms with E-state index in [1.165, 1.54) is 18.9 Å². The Kier molecular flexibility index (Phi) is 3.06. The lowest BCUT2D eigenvalue weighted by Gasteiger charge is -2.40. The second-order valence-corrected chi connectivity index (χ2v) is 8.96. The summed E-state index contributed by atoms with van der Waals surface area (Å²) < 4.78 is 63.7. The maximum absolute atomic E-state index is 12.7. The third kappa shape index (κ3) is 3.88. The number of amides is 2. The van der Waals surface area contributed by atoms with Crippen LogP contribution in [0.25, 0.3) is 0 Å². The Morgan fingerprint density at radius 1 is 1.17 bits per heavy atom. The van der Waals surface area contributed by atoms with Gasteiger partial charge in [-0.15, -0.1) is 0 Å². The molecule has 0 heterocycles. The van der Waals surface area contributed by atoms with Crippen LogP contribution in [0.2, 0.25) is 0 Å². The SMILES string of the molecule is O=C(NCc1cccc(S(F)(F)(F)(F)F)c1)NC1CC2(CC2)C1. The van der Waals surface area contributed by atoms with Crippen LogP contribution in [0.1, 0.15) is 31.2 Å². The fourth-order valence-electron chi connectivity index (χ4n) is 2.99. The maximum Gasteiger partial charge on any atom is 0.315 e. The van der Waals surface area contributed by atoms with Crippen molar-refractivity contribution in [2.75, 3.05) is 0 Å². The largest absolute Gasteiger partial charge is 0.335 e. The standard InChI is InChI=1S/C14H17F5N2OS/c15-23(16,17,18,19)12-3-1-2-10(6-12)9-20-13(22)21-11-7-14(8-11)4-5-14/h1-3,6,11H,4-5,7-9H2,(H2,20,21,22). The number of carbonyl (C=O) groups excluding carboxylic acids is 1. The lowest BCUT2D eigenvalue weighted by molar-refractivity contribution is 0.189. The summed E-state index contributed by atoms with van der Waals surface area (Å²) in [6.45, 7) is -0.245. The fraction of sp³-hybridized carbons (Fsp3) is 0.500. The van der Waals surface area contributed by atoms with Gasteiger partial charge >= 0.3 is 16.3 Å². The number of benzene rings is 1. The average molecular weight is 356 g/mol. The van der Waals surface area contributed by atoms with Gasteiger partial charge in [-0.25, -0.2) is 4.79 Å². The summed E-state index contributed by atoms with van der Waals surface area (Å²) in [5, 5.41) is 5.13. The second kappa shape index (κ2) is 4.31. The summed E-state index contributed by atoms with van der Waals surface area (Å²) in [7, 11) is -9.69. The first-order valence-corrected chi connectivity index (χ1v) is 9.18. The van der Waals surface area contributed by atoms with E-state index in [2.05, 4.69) is 10.6 Å². The molecule has 2 aliphatic carbocycles. The van der Waals surface area contributed by atoms with Crippen LogP contribution in [0, 0.1) is 5.41 Å². The zero-order chi connectivity index (χ0) is 17.0. The molecule has 2 fully saturated rings. The topological polar surface area (TPSA) is 41.1 Å². The van der Waals surface area contributed by atoms with Gasteiger partial charge in [0.05, 0.1) is 0 Å². The van der Waals surface area contributed by atoms with Crippen molar-refractivity contribution >= 4 is 16.3 Å². The van der Waals surface area contributed by atoms with Gasteiger partial charge in [0.2, 0.25) is 0 Å². The highest BCUT2D eigenvalue weighted by atomic mass is 32.5. The first kappa shape index (κ1) is 16.4. The zero-order valence-corrected chi connectivity index (χ0v) is 12.9. The van der Waals surface area contributed by atoms with E-state index in [1.54, 1.807) is 0 Å². The number of hydrogen-bond acceptors (Lipinski definition) is 1. The summed E-state index contributed by atoms with van der Waals surface area (Å²) >= 11 is 0. The molecule has 0 bridgehead atoms. The van der Waals surface area contributed by atoms with Crippen molar-refractivity contribution in [3.05, 3.63) is 29.8 Å². The predicted octanol–water partition coefficient (Wildman–Crippen LogP) is 5.09. The number of hydrogen-bond donors (Lipinski definition) is 2. The Balaban J connectivity index is 1.55. The minimum absolute atomic E-state index is 0.0295. The molecule has 1 spiro atoms. The fourth-order valence-corrected chi connectivity index (χ4v) is 3.70. The normalized spacial score (nSPS) is 22.7. The highest BCUT2D eigenvalue weighted by Crippen LogP contribution is 3.02. The Labute approximate surface area is 130 Å². The van der Waals surface area contributed by atoms with Crippen molar-refractivity contribution < 1.29 is 24.2 Å². The van der Waals surface area contributed by atoms with E-state index in [0.717, 1.165) is 18.9 Å². The number of halogens is 5. The van der Waals surface area contributed by atoms with Crippen LogP contribution in [0.3, 0.4) is 0 Å². The van der Waals surface area contributed by atoms with E-state index < -0.39 is 21.2 Å². The molecule has 0 radical (unpaired) electrons. The van der Waals surface area contributed by atoms with Crippen molar-refractivity contribution in [1.29, 1.82) is 0 Å². The predicted molar refractivity (Wildman–Crippen MR) is 77.9 cm³/mol. The quantitative estimate of drug-likeness (QED) is 0.725. The highest BCUT2D eigenvalue weighted by molar-refractivity contribution is 8.45. The molecule has 1 aromatic carbocycles. The van der Waals surface area contributed by atoms with Crippen LogP contribution in [-0.4, -0.2) is 12.1 Å². The Morgan fingerprint density at radius 2 is 1.83 bits per heavy atom. The molecule has 23 heavy (non-hydrogen) atoms. The van der Waals surface area contributed by atoms with Gasteiger partial charge in [-0.3, -0.25) is 0 Å². The van der Waals surface area contributed by atoms with Crippen molar-refractivity contribution in [3.63, 3.8) is 0 Å². The van der Waals surface area contributed by atoms with Crippen LogP contribution in [0.5, 0.6) is 0 Å². The van der Waals surface area contributed by atoms with Crippen LogP contribution < -0.4 is 10.6 Å². The summed E-state index contributed by atoms with van der Waals surface area (Å²) in [5.74, 6) is 0. The summed E-state index contributed by atoms with van der Waals surface area (Å²) in [4.78, 5) is 9.73. The van der Waals surface area contributed by atoms with Gasteiger partial charge in [0.25, 0.3) is 0 Å². The van der Waals surface area contributed by atoms with Gasteiger partial charge in [-0.1, -0.05) is 31.6 Å². The number of carbonyl (C=O) groups is 1. The van der Waals surface area contributed by atoms with Crippen LogP contribution in [0.4, 0.5) is 24.2 Å². The number of rotatable bonds is 4. The summed E-state index contributed by atoms with van der Waals surface area (Å²) in [5.41, 5.74) is 0.395. The molecule has 0 unspecified atom stereocenters. The van der Waals surface area contributed by atoms with Crippen LogP contribution in [0.15, 0.2) is 29.2 Å². The molecule has 3 nitrogen and oxygen atoms in total. The molecule has 130 valence electrons. The Bertz CT molecular complexity index is 649. The molecule has 0 aliphatic heterocycles. The van der Waals surface area contributed by atoms with Crippen LogP contribution in [-0.2, 0) is 6.54 Å². The van der Waals surface area contributed by atoms with Gasteiger partial charge in [-0.2, -0.15) is 0 Å². The first-order valence-electron chi connectivity index (χ1n) is 7.23. The second-order valence-electron chi connectivity index (χ2n) is 6.55. The molecule has 0 aromatic heterocycles. The minimum atomic E-state index is -9.69. The maximum atomic E-state index is 12.7. The molecule has 0 saturated heterocycles. The summed E-state index contributed by atoms with van der Waals surface area (Å²) in [6.07, 6.45) is 4.24. The molecule has 1 aromatic rings. The monoisotopic (exact) mass is 356 g/mol. The van der Waals surface area contributed by atoms with Crippen molar-refractivity contribution in [1.82, 2.24) is 10.6 Å². The molecule has 0 atom stereocenters. The van der Waals surface area contributed by atoms with Gasteiger partial charge in [0, 0.05) is 12.6 Å². The van der Waals surface area contributed by atoms with Crippen molar-refractivity contribution in [2.45, 2.75) is 43.2 Å². The van der Waals surface area contributed by atoms with Gasteiger partial charge in [-0.05, 0) is 48.8 Å². The van der Waals surface area contributed by atoms with E-state index in [1.807, 2.05) is 0 Å². The summed E-state index contributed by atoms with van der Waals surface area (Å²) in [6, 6.07) is 2.48. The number of nitrogens with one attached hydrogen (secondary N) is 2. The van der Waals surface area contributed by atoms with Crippen LogP contribution >= 0.6 is 10.2 Å². The van der Waals surface area contributed by atoms with E-state index in [9.17, 15) is 24.2 Å². The molecule has 2 amide bonds. The van der Waals surface area contributed by atoms with Gasteiger partial charge < -0.3 is 10.6 Å². The lowest BCUT2D eigenvalue weighted by Crippen LogP contribution is -2.48. The molecule has 3 rings (SSSR count). The molecule has 2 N–H and O–H groups in total. The molecule has 9 heteroatoms. The highest BCUT2D eigenvalue weighted by Gasteiger charge is 2.65. The van der Waals surface area contributed by atoms with Crippen molar-refractivity contribution in [3.8, 4) is 0 Å².